The summed E-state index contributed by atoms with van der Waals surface area (Å²) < 4.78 is 27.9. The third-order valence-electron chi connectivity index (χ3n) is 3.88. The Hall–Kier alpha value is -3.15. The highest BCUT2D eigenvalue weighted by atomic mass is 16.5. The highest BCUT2D eigenvalue weighted by Crippen LogP contribution is 2.46. The lowest BCUT2D eigenvalue weighted by molar-refractivity contribution is 0.100. The van der Waals surface area contributed by atoms with Crippen LogP contribution >= 0.6 is 0 Å². The fourth-order valence-electron chi connectivity index (χ4n) is 2.79. The van der Waals surface area contributed by atoms with E-state index in [0.717, 1.165) is 5.75 Å². The largest absolute Gasteiger partial charge is 0.495 e. The Morgan fingerprint density at radius 2 is 1.62 bits per heavy atom. The lowest BCUT2D eigenvalue weighted by Gasteiger charge is -2.17. The van der Waals surface area contributed by atoms with E-state index in [2.05, 4.69) is 0 Å². The topological polar surface area (TPSA) is 67.1 Å². The molecule has 0 saturated carbocycles. The molecule has 0 fully saturated rings. The van der Waals surface area contributed by atoms with Crippen molar-refractivity contribution in [3.8, 4) is 23.0 Å². The van der Waals surface area contributed by atoms with E-state index < -0.39 is 0 Å². The highest BCUT2D eigenvalue weighted by molar-refractivity contribution is 6.08. The predicted molar refractivity (Wildman–Crippen MR) is 96.8 cm³/mol. The summed E-state index contributed by atoms with van der Waals surface area (Å²) in [4.78, 5) is 12.3. The maximum Gasteiger partial charge on any atom is 0.205 e. The molecule has 0 N–H and O–H groups in total. The molecule has 0 radical (unpaired) electrons. The normalized spacial score (nSPS) is 10.6. The third kappa shape index (κ3) is 3.31. The molecule has 0 spiro atoms. The molecule has 136 valence electrons. The van der Waals surface area contributed by atoms with Crippen molar-refractivity contribution in [3.05, 3.63) is 48.2 Å². The van der Waals surface area contributed by atoms with Crippen molar-refractivity contribution >= 4 is 16.8 Å². The smallest absolute Gasteiger partial charge is 0.205 e. The summed E-state index contributed by atoms with van der Waals surface area (Å²) in [6.07, 6.45) is 1.52. The molecule has 0 bridgehead atoms. The summed E-state index contributed by atoms with van der Waals surface area (Å²) in [5, 5.41) is 0.655. The van der Waals surface area contributed by atoms with Crippen molar-refractivity contribution in [1.82, 2.24) is 0 Å². The molecule has 6 nitrogen and oxygen atoms in total. The SMILES string of the molecule is COc1c(C(C)=O)c(OCCOc2ccccc2)c(OC)c2occc12. The number of carbonyl (C=O) groups excluding carboxylic acids is 1. The highest BCUT2D eigenvalue weighted by Gasteiger charge is 2.27. The van der Waals surface area contributed by atoms with Gasteiger partial charge in [-0.1, -0.05) is 18.2 Å². The number of Topliss-reactive ketones (excluding diaryl/α,β-unsaturated/α-hetero) is 1. The van der Waals surface area contributed by atoms with Crippen LogP contribution in [0.4, 0.5) is 0 Å². The van der Waals surface area contributed by atoms with E-state index in [0.29, 0.717) is 34.6 Å². The fraction of sp³-hybridized carbons (Fsp3) is 0.250. The zero-order chi connectivity index (χ0) is 18.5. The molecular formula is C20H20O6. The minimum Gasteiger partial charge on any atom is -0.495 e. The van der Waals surface area contributed by atoms with E-state index in [-0.39, 0.29) is 18.1 Å². The van der Waals surface area contributed by atoms with Crippen LogP contribution in [0.15, 0.2) is 47.1 Å². The van der Waals surface area contributed by atoms with Gasteiger partial charge in [-0.05, 0) is 25.1 Å². The lowest BCUT2D eigenvalue weighted by Crippen LogP contribution is -2.12. The van der Waals surface area contributed by atoms with Gasteiger partial charge in [0.2, 0.25) is 5.75 Å². The number of hydrogen-bond donors (Lipinski definition) is 0. The van der Waals surface area contributed by atoms with Crippen LogP contribution in [0.1, 0.15) is 17.3 Å². The van der Waals surface area contributed by atoms with Crippen LogP contribution in [0.5, 0.6) is 23.0 Å². The summed E-state index contributed by atoms with van der Waals surface area (Å²) in [5.74, 6) is 1.60. The summed E-state index contributed by atoms with van der Waals surface area (Å²) in [6.45, 7) is 1.99. The number of carbonyl (C=O) groups is 1. The van der Waals surface area contributed by atoms with Gasteiger partial charge >= 0.3 is 0 Å². The van der Waals surface area contributed by atoms with Crippen LogP contribution in [0.2, 0.25) is 0 Å². The predicted octanol–water partition coefficient (Wildman–Crippen LogP) is 4.11. The van der Waals surface area contributed by atoms with Gasteiger partial charge in [-0.2, -0.15) is 0 Å². The maximum absolute atomic E-state index is 12.3. The van der Waals surface area contributed by atoms with Gasteiger partial charge in [0.1, 0.15) is 30.3 Å². The molecule has 0 atom stereocenters. The molecule has 0 saturated heterocycles. The fourth-order valence-corrected chi connectivity index (χ4v) is 2.79. The van der Waals surface area contributed by atoms with E-state index in [9.17, 15) is 4.79 Å². The minimum absolute atomic E-state index is 0.192. The Balaban J connectivity index is 1.90. The number of rotatable bonds is 8. The van der Waals surface area contributed by atoms with Crippen LogP contribution in [0, 0.1) is 0 Å². The third-order valence-corrected chi connectivity index (χ3v) is 3.88. The molecule has 0 aliphatic rings. The van der Waals surface area contributed by atoms with Crippen molar-refractivity contribution in [2.24, 2.45) is 0 Å². The van der Waals surface area contributed by atoms with Crippen LogP contribution in [0.25, 0.3) is 11.0 Å². The number of benzene rings is 2. The van der Waals surface area contributed by atoms with E-state index in [1.807, 2.05) is 30.3 Å². The molecule has 0 amide bonds. The van der Waals surface area contributed by atoms with Gasteiger partial charge in [0.15, 0.2) is 17.1 Å². The molecule has 0 aliphatic heterocycles. The average Bonchev–Trinajstić information content (AvgIpc) is 3.13. The van der Waals surface area contributed by atoms with Gasteiger partial charge in [0.05, 0.1) is 25.9 Å². The Morgan fingerprint density at radius 1 is 0.923 bits per heavy atom. The minimum atomic E-state index is -0.192. The number of ketones is 1. The second-order valence-electron chi connectivity index (χ2n) is 5.50. The summed E-state index contributed by atoms with van der Waals surface area (Å²) in [6, 6.07) is 11.1. The van der Waals surface area contributed by atoms with Crippen molar-refractivity contribution in [3.63, 3.8) is 0 Å². The van der Waals surface area contributed by atoms with Crippen LogP contribution in [-0.4, -0.2) is 33.2 Å². The molecule has 0 aliphatic carbocycles. The van der Waals surface area contributed by atoms with Crippen LogP contribution in [0.3, 0.4) is 0 Å². The van der Waals surface area contributed by atoms with Gasteiger partial charge in [-0.25, -0.2) is 0 Å². The molecule has 3 aromatic rings. The van der Waals surface area contributed by atoms with Crippen molar-refractivity contribution < 1.29 is 28.2 Å². The molecule has 2 aromatic carbocycles. The molecule has 0 unspecified atom stereocenters. The van der Waals surface area contributed by atoms with E-state index in [4.69, 9.17) is 23.4 Å². The Labute approximate surface area is 151 Å². The first kappa shape index (κ1) is 17.7. The zero-order valence-electron chi connectivity index (χ0n) is 14.9. The van der Waals surface area contributed by atoms with Gasteiger partial charge in [0.25, 0.3) is 0 Å². The quantitative estimate of drug-likeness (QED) is 0.447. The standard InChI is InChI=1S/C20H20O6/c1-13(21)16-17(22-2)15-9-10-25-18(15)20(23-3)19(16)26-12-11-24-14-7-5-4-6-8-14/h4-10H,11-12H2,1-3H3. The molecule has 1 heterocycles. The Bertz CT molecular complexity index is 898. The first-order valence-corrected chi connectivity index (χ1v) is 8.14. The number of para-hydroxylation sites is 1. The number of furan rings is 1. The van der Waals surface area contributed by atoms with Crippen molar-refractivity contribution in [2.75, 3.05) is 27.4 Å². The molecule has 26 heavy (non-hydrogen) atoms. The zero-order valence-corrected chi connectivity index (χ0v) is 14.9. The van der Waals surface area contributed by atoms with Crippen LogP contribution in [-0.2, 0) is 0 Å². The van der Waals surface area contributed by atoms with Gasteiger partial charge in [-0.15, -0.1) is 0 Å². The summed E-state index contributed by atoms with van der Waals surface area (Å²) in [5.41, 5.74) is 0.784. The molecular weight excluding hydrogens is 336 g/mol. The van der Waals surface area contributed by atoms with Gasteiger partial charge in [0, 0.05) is 0 Å². The molecule has 3 rings (SSSR count). The molecule has 1 aromatic heterocycles. The number of fused-ring (bicyclic) bond motifs is 1. The van der Waals surface area contributed by atoms with E-state index in [1.54, 1.807) is 6.07 Å². The Morgan fingerprint density at radius 3 is 2.27 bits per heavy atom. The van der Waals surface area contributed by atoms with Crippen LogP contribution < -0.4 is 18.9 Å². The monoisotopic (exact) mass is 356 g/mol. The van der Waals surface area contributed by atoms with Gasteiger partial charge < -0.3 is 23.4 Å². The summed E-state index contributed by atoms with van der Waals surface area (Å²) in [7, 11) is 3.00. The first-order valence-electron chi connectivity index (χ1n) is 8.14. The average molecular weight is 356 g/mol. The van der Waals surface area contributed by atoms with E-state index in [1.165, 1.54) is 27.4 Å². The second kappa shape index (κ2) is 7.82. The second-order valence-corrected chi connectivity index (χ2v) is 5.50. The number of ether oxygens (including phenoxy) is 4. The van der Waals surface area contributed by atoms with Gasteiger partial charge in [-0.3, -0.25) is 4.79 Å². The Kier molecular flexibility index (Phi) is 5.31. The lowest BCUT2D eigenvalue weighted by atomic mass is 10.0. The number of methoxy groups -OCH3 is 2. The first-order chi connectivity index (χ1) is 12.7. The maximum atomic E-state index is 12.3. The summed E-state index contributed by atoms with van der Waals surface area (Å²) >= 11 is 0. The molecule has 6 heteroatoms. The van der Waals surface area contributed by atoms with E-state index >= 15 is 0 Å². The number of hydrogen-bond acceptors (Lipinski definition) is 6. The van der Waals surface area contributed by atoms with Crippen molar-refractivity contribution in [2.45, 2.75) is 6.92 Å². The van der Waals surface area contributed by atoms with Crippen molar-refractivity contribution in [1.29, 1.82) is 0 Å².